The predicted molar refractivity (Wildman–Crippen MR) is 224 cm³/mol. The van der Waals surface area contributed by atoms with Crippen LogP contribution in [-0.4, -0.2) is 24.5 Å². The lowest BCUT2D eigenvalue weighted by Gasteiger charge is -2.26. The van der Waals surface area contributed by atoms with Gasteiger partial charge in [-0.05, 0) is 97.1 Å². The number of rotatable bonds is 8. The fourth-order valence-corrected chi connectivity index (χ4v) is 7.44. The Bertz CT molecular complexity index is 2690. The second-order valence-electron chi connectivity index (χ2n) is 13.3. The number of hydrogen-bond acceptors (Lipinski definition) is 6. The summed E-state index contributed by atoms with van der Waals surface area (Å²) in [4.78, 5) is 22.5. The Balaban J connectivity index is 1.17. The molecular formula is C48H33N7. The Morgan fingerprint density at radius 3 is 1.27 bits per heavy atom. The summed E-state index contributed by atoms with van der Waals surface area (Å²) in [6.45, 7) is 0. The van der Waals surface area contributed by atoms with E-state index in [4.69, 9.17) is 4.98 Å². The zero-order chi connectivity index (χ0) is 36.6. The van der Waals surface area contributed by atoms with Gasteiger partial charge in [0.2, 0.25) is 0 Å². The van der Waals surface area contributed by atoms with Gasteiger partial charge in [0.25, 0.3) is 0 Å². The molecule has 3 aromatic heterocycles. The van der Waals surface area contributed by atoms with Crippen LogP contribution in [-0.2, 0) is 0 Å². The summed E-state index contributed by atoms with van der Waals surface area (Å²) in [6.07, 6.45) is 5.03. The van der Waals surface area contributed by atoms with E-state index in [9.17, 15) is 0 Å². The maximum absolute atomic E-state index is 4.74. The number of fused-ring (bicyclic) bond motifs is 4. The second kappa shape index (κ2) is 13.7. The molecule has 0 N–H and O–H groups in total. The van der Waals surface area contributed by atoms with Crippen molar-refractivity contribution >= 4 is 67.2 Å². The number of anilines is 6. The lowest BCUT2D eigenvalue weighted by Crippen LogP contribution is -2.09. The van der Waals surface area contributed by atoms with Crippen LogP contribution in [0.4, 0.5) is 34.1 Å². The van der Waals surface area contributed by atoms with Gasteiger partial charge in [-0.3, -0.25) is 0 Å². The maximum Gasteiger partial charge on any atom is 0.198 e. The second-order valence-corrected chi connectivity index (χ2v) is 13.3. The minimum Gasteiger partial charge on any atom is -0.310 e. The Labute approximate surface area is 318 Å². The molecule has 0 radical (unpaired) electrons. The lowest BCUT2D eigenvalue weighted by molar-refractivity contribution is 1.15. The molecule has 0 spiro atoms. The zero-order valence-corrected chi connectivity index (χ0v) is 29.7. The van der Waals surface area contributed by atoms with Gasteiger partial charge in [-0.25, -0.2) is 19.9 Å². The van der Waals surface area contributed by atoms with E-state index in [1.54, 1.807) is 18.6 Å². The Morgan fingerprint density at radius 2 is 0.818 bits per heavy atom. The minimum absolute atomic E-state index is 0.526. The van der Waals surface area contributed by atoms with Crippen LogP contribution in [0.25, 0.3) is 50.0 Å². The van der Waals surface area contributed by atoms with Crippen molar-refractivity contribution in [2.75, 3.05) is 9.80 Å². The number of hydrogen-bond donors (Lipinski definition) is 0. The van der Waals surface area contributed by atoms with E-state index in [0.717, 1.165) is 72.9 Å². The smallest absolute Gasteiger partial charge is 0.198 e. The summed E-state index contributed by atoms with van der Waals surface area (Å²) in [5.74, 6) is 0. The molecule has 3 heterocycles. The monoisotopic (exact) mass is 707 g/mol. The summed E-state index contributed by atoms with van der Waals surface area (Å²) in [6, 6.07) is 64.3. The van der Waals surface area contributed by atoms with Gasteiger partial charge in [0.15, 0.2) is 11.3 Å². The molecule has 0 unspecified atom stereocenters. The fraction of sp³-hybridized carbons (Fsp3) is 0. The van der Waals surface area contributed by atoms with E-state index in [2.05, 4.69) is 211 Å². The molecule has 55 heavy (non-hydrogen) atoms. The van der Waals surface area contributed by atoms with E-state index in [1.807, 2.05) is 0 Å². The van der Waals surface area contributed by atoms with Crippen molar-refractivity contribution in [3.63, 3.8) is 0 Å². The lowest BCUT2D eigenvalue weighted by atomic mass is 10.1. The third-order valence-electron chi connectivity index (χ3n) is 9.92. The molecule has 0 saturated carbocycles. The van der Waals surface area contributed by atoms with Crippen molar-refractivity contribution < 1.29 is 0 Å². The molecule has 0 aliphatic rings. The van der Waals surface area contributed by atoms with Crippen LogP contribution in [0.5, 0.6) is 0 Å². The van der Waals surface area contributed by atoms with Crippen molar-refractivity contribution in [3.8, 4) is 16.9 Å². The highest BCUT2D eigenvalue weighted by Crippen LogP contribution is 2.42. The third kappa shape index (κ3) is 5.90. The highest BCUT2D eigenvalue weighted by atomic mass is 15.1. The number of aromatic nitrogens is 5. The number of para-hydroxylation sites is 4. The largest absolute Gasteiger partial charge is 0.310 e. The summed E-state index contributed by atoms with van der Waals surface area (Å²) in [5, 5.41) is 2.30. The van der Waals surface area contributed by atoms with E-state index in [-0.39, 0.29) is 0 Å². The maximum atomic E-state index is 4.74. The molecule has 0 atom stereocenters. The SMILES string of the molecule is c1ccc(N(c2ccccc2)c2ccc3c(c2)c2cc(N(c4ccccc4)c4ccccc4)ccc2n3-c2ccc(-c3cnc4nccnc4n3)cc2)cc1. The first-order chi connectivity index (χ1) is 27.3. The van der Waals surface area contributed by atoms with Gasteiger partial charge >= 0.3 is 0 Å². The normalized spacial score (nSPS) is 11.3. The van der Waals surface area contributed by atoms with Crippen molar-refractivity contribution in [3.05, 3.63) is 201 Å². The molecule has 0 fully saturated rings. The molecule has 0 saturated heterocycles. The third-order valence-corrected chi connectivity index (χ3v) is 9.92. The van der Waals surface area contributed by atoms with Gasteiger partial charge in [0.1, 0.15) is 0 Å². The molecule has 7 nitrogen and oxygen atoms in total. The molecular weight excluding hydrogens is 675 g/mol. The summed E-state index contributed by atoms with van der Waals surface area (Å²) < 4.78 is 2.35. The van der Waals surface area contributed by atoms with Crippen LogP contribution in [0.15, 0.2) is 201 Å². The highest BCUT2D eigenvalue weighted by molar-refractivity contribution is 6.12. The average molecular weight is 708 g/mol. The standard InChI is InChI=1S/C48H33N7/c1-5-13-35(14-6-1)53(36-15-7-2-8-16-36)40-25-27-45-42(31-40)43-32-41(54(37-17-9-3-10-18-37)38-19-11-4-12-20-38)26-28-46(43)55(45)39-23-21-34(22-24-39)44-33-51-47-48(52-44)50-30-29-49-47/h1-33H. The molecule has 10 aromatic rings. The van der Waals surface area contributed by atoms with Gasteiger partial charge in [-0.1, -0.05) is 84.9 Å². The van der Waals surface area contributed by atoms with Crippen LogP contribution >= 0.6 is 0 Å². The predicted octanol–water partition coefficient (Wildman–Crippen LogP) is 12.1. The first-order valence-electron chi connectivity index (χ1n) is 18.2. The van der Waals surface area contributed by atoms with Crippen LogP contribution in [0.2, 0.25) is 0 Å². The topological polar surface area (TPSA) is 63.0 Å². The van der Waals surface area contributed by atoms with E-state index in [1.165, 1.54) is 0 Å². The van der Waals surface area contributed by atoms with Crippen molar-refractivity contribution in [1.29, 1.82) is 0 Å². The van der Waals surface area contributed by atoms with Crippen LogP contribution in [0.3, 0.4) is 0 Å². The van der Waals surface area contributed by atoms with E-state index >= 15 is 0 Å². The van der Waals surface area contributed by atoms with Crippen molar-refractivity contribution in [1.82, 2.24) is 24.5 Å². The average Bonchev–Trinajstić information content (AvgIpc) is 3.58. The molecule has 0 amide bonds. The Hall–Kier alpha value is -7.64. The Morgan fingerprint density at radius 1 is 0.382 bits per heavy atom. The molecule has 0 aliphatic heterocycles. The number of benzene rings is 7. The van der Waals surface area contributed by atoms with Crippen molar-refractivity contribution in [2.24, 2.45) is 0 Å². The van der Waals surface area contributed by atoms with Gasteiger partial charge in [-0.2, -0.15) is 0 Å². The zero-order valence-electron chi connectivity index (χ0n) is 29.7. The minimum atomic E-state index is 0.526. The van der Waals surface area contributed by atoms with Gasteiger partial charge in [-0.15, -0.1) is 0 Å². The molecule has 7 aromatic carbocycles. The summed E-state index contributed by atoms with van der Waals surface area (Å²) in [5.41, 5.74) is 12.5. The van der Waals surface area contributed by atoms with Crippen LogP contribution in [0.1, 0.15) is 0 Å². The van der Waals surface area contributed by atoms with Crippen LogP contribution < -0.4 is 9.80 Å². The van der Waals surface area contributed by atoms with Crippen LogP contribution in [0, 0.1) is 0 Å². The quantitative estimate of drug-likeness (QED) is 0.157. The first-order valence-corrected chi connectivity index (χ1v) is 18.2. The van der Waals surface area contributed by atoms with Gasteiger partial charge in [0.05, 0.1) is 22.9 Å². The summed E-state index contributed by atoms with van der Waals surface area (Å²) in [7, 11) is 0. The fourth-order valence-electron chi connectivity index (χ4n) is 7.44. The summed E-state index contributed by atoms with van der Waals surface area (Å²) >= 11 is 0. The highest BCUT2D eigenvalue weighted by Gasteiger charge is 2.20. The Kier molecular flexibility index (Phi) is 8.00. The molecule has 7 heteroatoms. The van der Waals surface area contributed by atoms with Crippen molar-refractivity contribution in [2.45, 2.75) is 0 Å². The number of nitrogens with zero attached hydrogens (tertiary/aromatic N) is 7. The van der Waals surface area contributed by atoms with Gasteiger partial charge in [0, 0.05) is 68.5 Å². The molecule has 260 valence electrons. The molecule has 0 aliphatic carbocycles. The van der Waals surface area contributed by atoms with E-state index in [0.29, 0.717) is 11.3 Å². The first kappa shape index (κ1) is 32.0. The molecule has 0 bridgehead atoms. The van der Waals surface area contributed by atoms with Gasteiger partial charge < -0.3 is 14.4 Å². The van der Waals surface area contributed by atoms with E-state index < -0.39 is 0 Å². The molecule has 10 rings (SSSR count).